The minimum Gasteiger partial charge on any atom is -0.382 e. The third-order valence-electron chi connectivity index (χ3n) is 3.82. The van der Waals surface area contributed by atoms with Crippen LogP contribution in [0.3, 0.4) is 0 Å². The van der Waals surface area contributed by atoms with Gasteiger partial charge < -0.3 is 14.8 Å². The molecule has 1 aliphatic carbocycles. The van der Waals surface area contributed by atoms with E-state index in [4.69, 9.17) is 9.47 Å². The lowest BCUT2D eigenvalue weighted by Crippen LogP contribution is -2.32. The standard InChI is InChI=1S/C15H31NO2/c1-3-9-16-15(8-10-18-12-11-17-2)13-14-6-4-5-7-14/h14-16H,3-13H2,1-2H3. The summed E-state index contributed by atoms with van der Waals surface area (Å²) in [5.41, 5.74) is 0. The minimum absolute atomic E-state index is 0.649. The Labute approximate surface area is 113 Å². The molecule has 18 heavy (non-hydrogen) atoms. The van der Waals surface area contributed by atoms with Crippen molar-refractivity contribution >= 4 is 0 Å². The van der Waals surface area contributed by atoms with Gasteiger partial charge in [0, 0.05) is 19.8 Å². The Kier molecular flexibility index (Phi) is 9.54. The molecule has 3 nitrogen and oxygen atoms in total. The molecule has 0 heterocycles. The van der Waals surface area contributed by atoms with E-state index >= 15 is 0 Å². The first-order valence-corrected chi connectivity index (χ1v) is 7.66. The van der Waals surface area contributed by atoms with E-state index < -0.39 is 0 Å². The second-order valence-corrected chi connectivity index (χ2v) is 5.43. The van der Waals surface area contributed by atoms with Crippen LogP contribution in [0, 0.1) is 5.92 Å². The fourth-order valence-corrected chi connectivity index (χ4v) is 2.77. The third-order valence-corrected chi connectivity index (χ3v) is 3.82. The van der Waals surface area contributed by atoms with Gasteiger partial charge in [0.05, 0.1) is 13.2 Å². The molecule has 108 valence electrons. The van der Waals surface area contributed by atoms with Gasteiger partial charge in [-0.25, -0.2) is 0 Å². The zero-order valence-corrected chi connectivity index (χ0v) is 12.2. The number of methoxy groups -OCH3 is 1. The van der Waals surface area contributed by atoms with E-state index in [1.165, 1.54) is 38.5 Å². The summed E-state index contributed by atoms with van der Waals surface area (Å²) in [5.74, 6) is 0.957. The van der Waals surface area contributed by atoms with Gasteiger partial charge in [-0.05, 0) is 31.7 Å². The summed E-state index contributed by atoms with van der Waals surface area (Å²) >= 11 is 0. The first kappa shape index (κ1) is 15.9. The first-order valence-electron chi connectivity index (χ1n) is 7.66. The lowest BCUT2D eigenvalue weighted by Gasteiger charge is -2.22. The van der Waals surface area contributed by atoms with Gasteiger partial charge in [0.2, 0.25) is 0 Å². The molecule has 1 unspecified atom stereocenters. The van der Waals surface area contributed by atoms with Crippen molar-refractivity contribution in [2.75, 3.05) is 33.5 Å². The normalized spacial score (nSPS) is 18.3. The van der Waals surface area contributed by atoms with Crippen molar-refractivity contribution < 1.29 is 9.47 Å². The van der Waals surface area contributed by atoms with E-state index in [0.29, 0.717) is 12.6 Å². The van der Waals surface area contributed by atoms with Crippen molar-refractivity contribution in [1.29, 1.82) is 0 Å². The Balaban J connectivity index is 2.13. The zero-order valence-electron chi connectivity index (χ0n) is 12.2. The third kappa shape index (κ3) is 7.34. The molecule has 0 aromatic rings. The molecule has 0 aromatic carbocycles. The maximum absolute atomic E-state index is 5.58. The lowest BCUT2D eigenvalue weighted by atomic mass is 9.96. The van der Waals surface area contributed by atoms with Gasteiger partial charge in [0.25, 0.3) is 0 Å². The van der Waals surface area contributed by atoms with Crippen LogP contribution < -0.4 is 5.32 Å². The van der Waals surface area contributed by atoms with Crippen LogP contribution in [0.5, 0.6) is 0 Å². The largest absolute Gasteiger partial charge is 0.382 e. The van der Waals surface area contributed by atoms with Crippen LogP contribution in [0.4, 0.5) is 0 Å². The predicted molar refractivity (Wildman–Crippen MR) is 76.0 cm³/mol. The highest BCUT2D eigenvalue weighted by molar-refractivity contribution is 4.75. The van der Waals surface area contributed by atoms with E-state index in [2.05, 4.69) is 12.2 Å². The zero-order chi connectivity index (χ0) is 13.1. The molecule has 0 saturated heterocycles. The fourth-order valence-electron chi connectivity index (χ4n) is 2.77. The van der Waals surface area contributed by atoms with Crippen molar-refractivity contribution in [2.24, 2.45) is 5.92 Å². The van der Waals surface area contributed by atoms with Crippen LogP contribution in [0.15, 0.2) is 0 Å². The quantitative estimate of drug-likeness (QED) is 0.577. The maximum atomic E-state index is 5.58. The molecule has 0 aliphatic heterocycles. The van der Waals surface area contributed by atoms with Crippen molar-refractivity contribution in [3.63, 3.8) is 0 Å². The highest BCUT2D eigenvalue weighted by atomic mass is 16.5. The van der Waals surface area contributed by atoms with Crippen LogP contribution in [-0.2, 0) is 9.47 Å². The van der Waals surface area contributed by atoms with Gasteiger partial charge in [0.15, 0.2) is 0 Å². The summed E-state index contributed by atoms with van der Waals surface area (Å²) in [4.78, 5) is 0. The summed E-state index contributed by atoms with van der Waals surface area (Å²) in [6, 6.07) is 0.649. The molecule has 1 rings (SSSR count). The smallest absolute Gasteiger partial charge is 0.0700 e. The molecule has 0 aromatic heterocycles. The molecule has 0 spiro atoms. The average Bonchev–Trinajstić information content (AvgIpc) is 2.88. The number of ether oxygens (including phenoxy) is 2. The van der Waals surface area contributed by atoms with Gasteiger partial charge in [0.1, 0.15) is 0 Å². The molecule has 1 atom stereocenters. The van der Waals surface area contributed by atoms with E-state index in [-0.39, 0.29) is 0 Å². The number of nitrogens with one attached hydrogen (secondary N) is 1. The SMILES string of the molecule is CCCNC(CCOCCOC)CC1CCCC1. The van der Waals surface area contributed by atoms with Gasteiger partial charge in [-0.3, -0.25) is 0 Å². The summed E-state index contributed by atoms with van der Waals surface area (Å²) in [7, 11) is 1.72. The highest BCUT2D eigenvalue weighted by Crippen LogP contribution is 2.29. The first-order chi connectivity index (χ1) is 8.86. The topological polar surface area (TPSA) is 30.5 Å². The van der Waals surface area contributed by atoms with Gasteiger partial charge in [-0.15, -0.1) is 0 Å². The van der Waals surface area contributed by atoms with Gasteiger partial charge in [-0.1, -0.05) is 32.6 Å². The Bertz CT molecular complexity index is 181. The average molecular weight is 257 g/mol. The van der Waals surface area contributed by atoms with E-state index in [0.717, 1.165) is 32.1 Å². The fraction of sp³-hybridized carbons (Fsp3) is 1.00. The van der Waals surface area contributed by atoms with Crippen LogP contribution in [0.25, 0.3) is 0 Å². The summed E-state index contributed by atoms with van der Waals surface area (Å²) in [6.45, 7) is 5.65. The Morgan fingerprint density at radius 1 is 1.17 bits per heavy atom. The summed E-state index contributed by atoms with van der Waals surface area (Å²) < 4.78 is 10.6. The van der Waals surface area contributed by atoms with Gasteiger partial charge >= 0.3 is 0 Å². The van der Waals surface area contributed by atoms with Crippen molar-refractivity contribution in [3.05, 3.63) is 0 Å². The van der Waals surface area contributed by atoms with Crippen LogP contribution in [-0.4, -0.2) is 39.5 Å². The van der Waals surface area contributed by atoms with Crippen LogP contribution in [0.1, 0.15) is 51.9 Å². The van der Waals surface area contributed by atoms with E-state index in [1.807, 2.05) is 0 Å². The maximum Gasteiger partial charge on any atom is 0.0700 e. The molecule has 1 aliphatic rings. The summed E-state index contributed by atoms with van der Waals surface area (Å²) in [6.07, 6.45) is 9.45. The molecule has 0 amide bonds. The Hall–Kier alpha value is -0.120. The second-order valence-electron chi connectivity index (χ2n) is 5.43. The second kappa shape index (κ2) is 10.8. The molecule has 3 heteroatoms. The highest BCUT2D eigenvalue weighted by Gasteiger charge is 2.19. The van der Waals surface area contributed by atoms with E-state index in [1.54, 1.807) is 7.11 Å². The predicted octanol–water partition coefficient (Wildman–Crippen LogP) is 2.99. The van der Waals surface area contributed by atoms with E-state index in [9.17, 15) is 0 Å². The minimum atomic E-state index is 0.649. The number of hydrogen-bond donors (Lipinski definition) is 1. The number of rotatable bonds is 11. The van der Waals surface area contributed by atoms with Crippen molar-refractivity contribution in [2.45, 2.75) is 57.9 Å². The monoisotopic (exact) mass is 257 g/mol. The molecular weight excluding hydrogens is 226 g/mol. The van der Waals surface area contributed by atoms with Crippen molar-refractivity contribution in [1.82, 2.24) is 5.32 Å². The summed E-state index contributed by atoms with van der Waals surface area (Å²) in [5, 5.41) is 3.68. The van der Waals surface area contributed by atoms with Crippen LogP contribution in [0.2, 0.25) is 0 Å². The Morgan fingerprint density at radius 3 is 2.61 bits per heavy atom. The molecule has 1 N–H and O–H groups in total. The van der Waals surface area contributed by atoms with Crippen LogP contribution >= 0.6 is 0 Å². The number of hydrogen-bond acceptors (Lipinski definition) is 3. The molecule has 0 bridgehead atoms. The van der Waals surface area contributed by atoms with Gasteiger partial charge in [-0.2, -0.15) is 0 Å². The molecule has 1 saturated carbocycles. The molecular formula is C15H31NO2. The molecule has 0 radical (unpaired) electrons. The van der Waals surface area contributed by atoms with Crippen molar-refractivity contribution in [3.8, 4) is 0 Å². The lowest BCUT2D eigenvalue weighted by molar-refractivity contribution is 0.0647. The molecule has 1 fully saturated rings. The Morgan fingerprint density at radius 2 is 1.94 bits per heavy atom.